The number of halogens is 1. The SMILES string of the molecule is CC[C@@H](C(=O)NCC(C)C)N(Cc1ccccc1C)C(=O)CN(c1ccccc1Cl)S(=O)(=O)c1ccc(C)cc1. The van der Waals surface area contributed by atoms with Gasteiger partial charge in [0.05, 0.1) is 15.6 Å². The van der Waals surface area contributed by atoms with Gasteiger partial charge in [0.2, 0.25) is 11.8 Å². The van der Waals surface area contributed by atoms with Gasteiger partial charge in [-0.15, -0.1) is 0 Å². The van der Waals surface area contributed by atoms with E-state index in [9.17, 15) is 18.0 Å². The number of amides is 2. The first-order valence-electron chi connectivity index (χ1n) is 13.4. The first-order valence-corrected chi connectivity index (χ1v) is 15.2. The van der Waals surface area contributed by atoms with Crippen molar-refractivity contribution in [2.24, 2.45) is 5.92 Å². The van der Waals surface area contributed by atoms with E-state index < -0.39 is 28.5 Å². The second kappa shape index (κ2) is 13.8. The van der Waals surface area contributed by atoms with Gasteiger partial charge >= 0.3 is 0 Å². The molecule has 40 heavy (non-hydrogen) atoms. The summed E-state index contributed by atoms with van der Waals surface area (Å²) in [5.74, 6) is -0.549. The molecule has 0 bridgehead atoms. The Labute approximate surface area is 243 Å². The summed E-state index contributed by atoms with van der Waals surface area (Å²) in [5, 5.41) is 3.13. The largest absolute Gasteiger partial charge is 0.354 e. The summed E-state index contributed by atoms with van der Waals surface area (Å²) in [5.41, 5.74) is 2.93. The minimum absolute atomic E-state index is 0.0398. The highest BCUT2D eigenvalue weighted by Crippen LogP contribution is 2.31. The van der Waals surface area contributed by atoms with Gasteiger partial charge in [0.1, 0.15) is 12.6 Å². The van der Waals surface area contributed by atoms with E-state index in [4.69, 9.17) is 11.6 Å². The Balaban J connectivity index is 2.07. The summed E-state index contributed by atoms with van der Waals surface area (Å²) in [6, 6.07) is 19.8. The summed E-state index contributed by atoms with van der Waals surface area (Å²) < 4.78 is 28.9. The summed E-state index contributed by atoms with van der Waals surface area (Å²) in [6.07, 6.45) is 0.359. The number of aryl methyl sites for hydroxylation is 2. The molecule has 0 aliphatic heterocycles. The van der Waals surface area contributed by atoms with Gasteiger partial charge in [-0.2, -0.15) is 0 Å². The molecule has 214 valence electrons. The standard InChI is InChI=1S/C31H38ClN3O4S/c1-6-28(31(37)33-19-22(2)3)34(20-25-12-8-7-11-24(25)5)30(36)21-35(29-14-10-9-13-27(29)32)40(38,39)26-17-15-23(4)16-18-26/h7-18,22,28H,6,19-21H2,1-5H3,(H,33,37)/t28-/m0/s1. The van der Waals surface area contributed by atoms with Crippen molar-refractivity contribution in [3.8, 4) is 0 Å². The molecule has 1 N–H and O–H groups in total. The summed E-state index contributed by atoms with van der Waals surface area (Å²) >= 11 is 6.47. The lowest BCUT2D eigenvalue weighted by atomic mass is 10.1. The molecule has 0 fully saturated rings. The molecule has 3 aromatic carbocycles. The number of anilines is 1. The molecule has 0 heterocycles. The van der Waals surface area contributed by atoms with E-state index in [1.165, 1.54) is 17.0 Å². The number of carbonyl (C=O) groups is 2. The van der Waals surface area contributed by atoms with Crippen molar-refractivity contribution in [1.29, 1.82) is 0 Å². The van der Waals surface area contributed by atoms with Crippen LogP contribution in [0.3, 0.4) is 0 Å². The van der Waals surface area contributed by atoms with Crippen molar-refractivity contribution in [1.82, 2.24) is 10.2 Å². The van der Waals surface area contributed by atoms with E-state index >= 15 is 0 Å². The van der Waals surface area contributed by atoms with Gasteiger partial charge < -0.3 is 10.2 Å². The summed E-state index contributed by atoms with van der Waals surface area (Å²) in [7, 11) is -4.18. The first-order chi connectivity index (χ1) is 18.9. The molecule has 3 aromatic rings. The Morgan fingerprint density at radius 2 is 1.55 bits per heavy atom. The van der Waals surface area contributed by atoms with E-state index in [2.05, 4.69) is 5.32 Å². The van der Waals surface area contributed by atoms with E-state index in [0.29, 0.717) is 13.0 Å². The zero-order valence-corrected chi connectivity index (χ0v) is 25.3. The molecule has 0 spiro atoms. The van der Waals surface area contributed by atoms with Gasteiger partial charge in [-0.05, 0) is 61.6 Å². The third-order valence-electron chi connectivity index (χ3n) is 6.68. The molecule has 0 aliphatic rings. The van der Waals surface area contributed by atoms with Gasteiger partial charge in [-0.3, -0.25) is 13.9 Å². The fraction of sp³-hybridized carbons (Fsp3) is 0.355. The highest BCUT2D eigenvalue weighted by Gasteiger charge is 2.34. The van der Waals surface area contributed by atoms with Crippen LogP contribution in [-0.2, 0) is 26.2 Å². The number of rotatable bonds is 12. The average molecular weight is 584 g/mol. The predicted octanol–water partition coefficient (Wildman–Crippen LogP) is 5.73. The molecule has 0 radical (unpaired) electrons. The van der Waals surface area contributed by atoms with Crippen molar-refractivity contribution in [2.45, 2.75) is 58.5 Å². The number of para-hydroxylation sites is 1. The van der Waals surface area contributed by atoms with Crippen LogP contribution in [0.5, 0.6) is 0 Å². The summed E-state index contributed by atoms with van der Waals surface area (Å²) in [6.45, 7) is 9.73. The highest BCUT2D eigenvalue weighted by molar-refractivity contribution is 7.92. The number of benzene rings is 3. The number of nitrogens with zero attached hydrogens (tertiary/aromatic N) is 2. The van der Waals surface area contributed by atoms with Crippen LogP contribution >= 0.6 is 11.6 Å². The maximum Gasteiger partial charge on any atom is 0.264 e. The molecule has 0 saturated heterocycles. The normalized spacial score (nSPS) is 12.2. The Morgan fingerprint density at radius 3 is 2.15 bits per heavy atom. The van der Waals surface area contributed by atoms with Crippen LogP contribution in [0.15, 0.2) is 77.7 Å². The number of hydrogen-bond acceptors (Lipinski definition) is 4. The van der Waals surface area contributed by atoms with Crippen LogP contribution in [0.1, 0.15) is 43.9 Å². The monoisotopic (exact) mass is 583 g/mol. The molecule has 1 atom stereocenters. The van der Waals surface area contributed by atoms with E-state index in [-0.39, 0.29) is 34.0 Å². The van der Waals surface area contributed by atoms with Crippen LogP contribution in [-0.4, -0.2) is 44.3 Å². The maximum atomic E-state index is 14.1. The molecule has 0 unspecified atom stereocenters. The molecule has 0 aromatic heterocycles. The van der Waals surface area contributed by atoms with Gasteiger partial charge in [0, 0.05) is 13.1 Å². The smallest absolute Gasteiger partial charge is 0.264 e. The number of hydrogen-bond donors (Lipinski definition) is 1. The number of nitrogens with one attached hydrogen (secondary N) is 1. The molecule has 7 nitrogen and oxygen atoms in total. The quantitative estimate of drug-likeness (QED) is 0.295. The predicted molar refractivity (Wildman–Crippen MR) is 161 cm³/mol. The third-order valence-corrected chi connectivity index (χ3v) is 8.77. The Hall–Kier alpha value is -3.36. The third kappa shape index (κ3) is 7.64. The molecule has 2 amide bonds. The minimum atomic E-state index is -4.18. The Kier molecular flexibility index (Phi) is 10.8. The van der Waals surface area contributed by atoms with Gasteiger partial charge in [0.15, 0.2) is 0 Å². The fourth-order valence-electron chi connectivity index (χ4n) is 4.32. The maximum absolute atomic E-state index is 14.1. The second-order valence-electron chi connectivity index (χ2n) is 10.3. The number of sulfonamides is 1. The molecule has 0 saturated carbocycles. The Bertz CT molecular complexity index is 1420. The van der Waals surface area contributed by atoms with Crippen molar-refractivity contribution in [3.05, 3.63) is 94.5 Å². The Morgan fingerprint density at radius 1 is 0.925 bits per heavy atom. The van der Waals surface area contributed by atoms with Gasteiger partial charge in [-0.25, -0.2) is 8.42 Å². The highest BCUT2D eigenvalue weighted by atomic mass is 35.5. The zero-order chi connectivity index (χ0) is 29.4. The summed E-state index contributed by atoms with van der Waals surface area (Å²) in [4.78, 5) is 28.9. The van der Waals surface area contributed by atoms with E-state index in [0.717, 1.165) is 21.0 Å². The first kappa shape index (κ1) is 31.2. The van der Waals surface area contributed by atoms with Crippen LogP contribution < -0.4 is 9.62 Å². The van der Waals surface area contributed by atoms with Gasteiger partial charge in [0.25, 0.3) is 10.0 Å². The van der Waals surface area contributed by atoms with Crippen molar-refractivity contribution in [2.75, 3.05) is 17.4 Å². The number of carbonyl (C=O) groups excluding carboxylic acids is 2. The van der Waals surface area contributed by atoms with Crippen molar-refractivity contribution < 1.29 is 18.0 Å². The van der Waals surface area contributed by atoms with Crippen LogP contribution in [0.4, 0.5) is 5.69 Å². The van der Waals surface area contributed by atoms with Crippen molar-refractivity contribution >= 4 is 39.1 Å². The van der Waals surface area contributed by atoms with Gasteiger partial charge in [-0.1, -0.05) is 86.5 Å². The van der Waals surface area contributed by atoms with Crippen LogP contribution in [0, 0.1) is 19.8 Å². The van der Waals surface area contributed by atoms with E-state index in [1.54, 1.807) is 36.4 Å². The molecular weight excluding hydrogens is 546 g/mol. The van der Waals surface area contributed by atoms with Crippen LogP contribution in [0.2, 0.25) is 5.02 Å². The van der Waals surface area contributed by atoms with Crippen LogP contribution in [0.25, 0.3) is 0 Å². The lowest BCUT2D eigenvalue weighted by molar-refractivity contribution is -0.140. The zero-order valence-electron chi connectivity index (χ0n) is 23.7. The lowest BCUT2D eigenvalue weighted by Crippen LogP contribution is -2.52. The van der Waals surface area contributed by atoms with Crippen molar-refractivity contribution in [3.63, 3.8) is 0 Å². The molecule has 9 heteroatoms. The lowest BCUT2D eigenvalue weighted by Gasteiger charge is -2.33. The molecule has 0 aliphatic carbocycles. The fourth-order valence-corrected chi connectivity index (χ4v) is 6.04. The topological polar surface area (TPSA) is 86.8 Å². The van der Waals surface area contributed by atoms with E-state index in [1.807, 2.05) is 58.9 Å². The molecular formula is C31H38ClN3O4S. The molecule has 3 rings (SSSR count). The minimum Gasteiger partial charge on any atom is -0.354 e. The second-order valence-corrected chi connectivity index (χ2v) is 12.6. The average Bonchev–Trinajstić information content (AvgIpc) is 2.92.